The van der Waals surface area contributed by atoms with Gasteiger partial charge in [-0.15, -0.1) is 11.3 Å². The molecule has 0 fully saturated rings. The molecule has 0 saturated heterocycles. The average molecular weight is 340 g/mol. The van der Waals surface area contributed by atoms with Gasteiger partial charge in [-0.1, -0.05) is 18.5 Å². The minimum absolute atomic E-state index is 0.655. The van der Waals surface area contributed by atoms with Crippen molar-refractivity contribution in [3.8, 4) is 0 Å². The molecule has 5 heteroatoms. The van der Waals surface area contributed by atoms with Gasteiger partial charge in [-0.05, 0) is 42.4 Å². The van der Waals surface area contributed by atoms with Crippen LogP contribution in [0.15, 0.2) is 10.5 Å². The van der Waals surface area contributed by atoms with E-state index in [1.807, 2.05) is 0 Å². The molecule has 1 N–H and O–H groups in total. The lowest BCUT2D eigenvalue weighted by atomic mass is 10.2. The zero-order chi connectivity index (χ0) is 12.8. The van der Waals surface area contributed by atoms with Crippen molar-refractivity contribution < 1.29 is 0 Å². The van der Waals surface area contributed by atoms with Gasteiger partial charge in [0.05, 0.1) is 0 Å². The van der Waals surface area contributed by atoms with Gasteiger partial charge in [-0.25, -0.2) is 0 Å². The van der Waals surface area contributed by atoms with Gasteiger partial charge >= 0.3 is 0 Å². The number of nitrogens with one attached hydrogen (secondary N) is 1. The molecule has 1 aromatic rings. The number of likely N-dealkylation sites (N-methyl/N-ethyl adjacent to an activating group) is 1. The van der Waals surface area contributed by atoms with Gasteiger partial charge < -0.3 is 10.2 Å². The lowest BCUT2D eigenvalue weighted by molar-refractivity contribution is 0.252. The van der Waals surface area contributed by atoms with E-state index >= 15 is 0 Å². The highest BCUT2D eigenvalue weighted by molar-refractivity contribution is 9.10. The Morgan fingerprint density at radius 2 is 2.29 bits per heavy atom. The largest absolute Gasteiger partial charge is 0.311 e. The molecule has 0 saturated carbocycles. The summed E-state index contributed by atoms with van der Waals surface area (Å²) in [6, 6.07) is 2.74. The molecule has 0 aromatic carbocycles. The van der Waals surface area contributed by atoms with E-state index in [0.717, 1.165) is 28.4 Å². The molecule has 0 spiro atoms. The molecule has 0 amide bonds. The molecule has 0 aliphatic heterocycles. The SMILES string of the molecule is CCC(C)N(C)CCNCc1cc(Br)c(Cl)s1. The van der Waals surface area contributed by atoms with Gasteiger partial charge in [0.15, 0.2) is 0 Å². The minimum Gasteiger partial charge on any atom is -0.311 e. The van der Waals surface area contributed by atoms with Crippen LogP contribution in [0.2, 0.25) is 4.34 Å². The molecular weight excluding hydrogens is 320 g/mol. The molecule has 0 bridgehead atoms. The van der Waals surface area contributed by atoms with Crippen molar-refractivity contribution in [2.45, 2.75) is 32.9 Å². The van der Waals surface area contributed by atoms with Crippen molar-refractivity contribution in [1.29, 1.82) is 0 Å². The molecular formula is C12H20BrClN2S. The van der Waals surface area contributed by atoms with E-state index in [1.165, 1.54) is 11.3 Å². The quantitative estimate of drug-likeness (QED) is 0.756. The van der Waals surface area contributed by atoms with Gasteiger partial charge in [0, 0.05) is 35.0 Å². The first-order valence-corrected chi connectivity index (χ1v) is 7.88. The van der Waals surface area contributed by atoms with E-state index in [-0.39, 0.29) is 0 Å². The van der Waals surface area contributed by atoms with Crippen LogP contribution in [0.1, 0.15) is 25.1 Å². The number of hydrogen-bond acceptors (Lipinski definition) is 3. The molecule has 0 radical (unpaired) electrons. The summed E-state index contributed by atoms with van der Waals surface area (Å²) in [7, 11) is 2.18. The first-order valence-electron chi connectivity index (χ1n) is 5.89. The monoisotopic (exact) mass is 338 g/mol. The lowest BCUT2D eigenvalue weighted by Gasteiger charge is -2.23. The number of nitrogens with zero attached hydrogens (tertiary/aromatic N) is 1. The van der Waals surface area contributed by atoms with Crippen molar-refractivity contribution in [3.05, 3.63) is 19.8 Å². The second kappa shape index (κ2) is 7.74. The second-order valence-electron chi connectivity index (χ2n) is 4.25. The summed E-state index contributed by atoms with van der Waals surface area (Å²) < 4.78 is 1.83. The molecule has 2 nitrogen and oxygen atoms in total. The van der Waals surface area contributed by atoms with E-state index in [4.69, 9.17) is 11.6 Å². The Labute approximate surface area is 121 Å². The van der Waals surface area contributed by atoms with E-state index in [2.05, 4.69) is 53.1 Å². The topological polar surface area (TPSA) is 15.3 Å². The van der Waals surface area contributed by atoms with Crippen LogP contribution in [0.4, 0.5) is 0 Å². The minimum atomic E-state index is 0.655. The van der Waals surface area contributed by atoms with Crippen LogP contribution in [0.25, 0.3) is 0 Å². The molecule has 0 aliphatic rings. The molecule has 1 rings (SSSR count). The fraction of sp³-hybridized carbons (Fsp3) is 0.667. The zero-order valence-electron chi connectivity index (χ0n) is 10.6. The molecule has 1 heterocycles. The van der Waals surface area contributed by atoms with Crippen LogP contribution in [0, 0.1) is 0 Å². The summed E-state index contributed by atoms with van der Waals surface area (Å²) >= 11 is 11.0. The summed E-state index contributed by atoms with van der Waals surface area (Å²) in [6.07, 6.45) is 1.20. The van der Waals surface area contributed by atoms with Gasteiger partial charge in [-0.2, -0.15) is 0 Å². The van der Waals surface area contributed by atoms with Crippen molar-refractivity contribution in [2.75, 3.05) is 20.1 Å². The van der Waals surface area contributed by atoms with E-state index in [9.17, 15) is 0 Å². The highest BCUT2D eigenvalue weighted by atomic mass is 79.9. The Balaban J connectivity index is 2.20. The third-order valence-electron chi connectivity index (χ3n) is 2.98. The predicted molar refractivity (Wildman–Crippen MR) is 81.1 cm³/mol. The third kappa shape index (κ3) is 5.26. The fourth-order valence-electron chi connectivity index (χ4n) is 1.48. The number of halogens is 2. The van der Waals surface area contributed by atoms with Crippen LogP contribution in [-0.4, -0.2) is 31.1 Å². The second-order valence-corrected chi connectivity index (χ2v) is 6.84. The molecule has 98 valence electrons. The summed E-state index contributed by atoms with van der Waals surface area (Å²) in [6.45, 7) is 7.46. The highest BCUT2D eigenvalue weighted by Gasteiger charge is 2.06. The van der Waals surface area contributed by atoms with Crippen LogP contribution in [-0.2, 0) is 6.54 Å². The van der Waals surface area contributed by atoms with Gasteiger partial charge in [0.25, 0.3) is 0 Å². The molecule has 17 heavy (non-hydrogen) atoms. The van der Waals surface area contributed by atoms with Crippen molar-refractivity contribution in [2.24, 2.45) is 0 Å². The number of thiophene rings is 1. The van der Waals surface area contributed by atoms with Crippen molar-refractivity contribution >= 4 is 38.9 Å². The maximum atomic E-state index is 5.99. The average Bonchev–Trinajstić information content (AvgIpc) is 2.63. The van der Waals surface area contributed by atoms with Gasteiger partial charge in [0.1, 0.15) is 4.34 Å². The van der Waals surface area contributed by atoms with Crippen LogP contribution in [0.5, 0.6) is 0 Å². The maximum Gasteiger partial charge on any atom is 0.107 e. The standard InChI is InChI=1S/C12H20BrClN2S/c1-4-9(2)16(3)6-5-15-8-10-7-11(13)12(14)17-10/h7,9,15H,4-6,8H2,1-3H3. The van der Waals surface area contributed by atoms with Gasteiger partial charge in [0.2, 0.25) is 0 Å². The first kappa shape index (κ1) is 15.4. The number of rotatable bonds is 7. The lowest BCUT2D eigenvalue weighted by Crippen LogP contribution is -2.34. The summed E-state index contributed by atoms with van der Waals surface area (Å²) in [5.41, 5.74) is 0. The Kier molecular flexibility index (Phi) is 7.04. The van der Waals surface area contributed by atoms with E-state index < -0.39 is 0 Å². The van der Waals surface area contributed by atoms with E-state index in [1.54, 1.807) is 11.3 Å². The van der Waals surface area contributed by atoms with E-state index in [0.29, 0.717) is 6.04 Å². The summed E-state index contributed by atoms with van der Waals surface area (Å²) in [4.78, 5) is 3.65. The van der Waals surface area contributed by atoms with Crippen LogP contribution < -0.4 is 5.32 Å². The van der Waals surface area contributed by atoms with Crippen LogP contribution in [0.3, 0.4) is 0 Å². The fourth-order valence-corrected chi connectivity index (χ4v) is 3.24. The number of hydrogen-bond donors (Lipinski definition) is 1. The summed E-state index contributed by atoms with van der Waals surface area (Å²) in [5, 5.41) is 3.44. The predicted octanol–water partition coefficient (Wildman–Crippen LogP) is 3.98. The Morgan fingerprint density at radius 1 is 1.59 bits per heavy atom. The highest BCUT2D eigenvalue weighted by Crippen LogP contribution is 2.31. The molecule has 0 aliphatic carbocycles. The van der Waals surface area contributed by atoms with Crippen LogP contribution >= 0.6 is 38.9 Å². The third-order valence-corrected chi connectivity index (χ3v) is 5.45. The van der Waals surface area contributed by atoms with Crippen molar-refractivity contribution in [1.82, 2.24) is 10.2 Å². The summed E-state index contributed by atoms with van der Waals surface area (Å²) in [5.74, 6) is 0. The molecule has 1 unspecified atom stereocenters. The molecule has 1 atom stereocenters. The smallest absolute Gasteiger partial charge is 0.107 e. The molecule has 1 aromatic heterocycles. The van der Waals surface area contributed by atoms with Crippen molar-refractivity contribution in [3.63, 3.8) is 0 Å². The van der Waals surface area contributed by atoms with Gasteiger partial charge in [-0.3, -0.25) is 0 Å². The Bertz CT molecular complexity index is 324. The first-order chi connectivity index (χ1) is 8.04. The normalized spacial score (nSPS) is 13.3. The maximum absolute atomic E-state index is 5.99. The zero-order valence-corrected chi connectivity index (χ0v) is 13.8. The Morgan fingerprint density at radius 3 is 2.82 bits per heavy atom. The Hall–Kier alpha value is 0.390.